The van der Waals surface area contributed by atoms with E-state index in [4.69, 9.17) is 0 Å². The molecule has 190 valence electrons. The van der Waals surface area contributed by atoms with Gasteiger partial charge in [0.2, 0.25) is 10.0 Å². The van der Waals surface area contributed by atoms with Gasteiger partial charge in [-0.15, -0.1) is 0 Å². The second kappa shape index (κ2) is 10.0. The van der Waals surface area contributed by atoms with E-state index >= 15 is 4.39 Å². The molecule has 0 bridgehead atoms. The molecule has 0 spiro atoms. The largest absolute Gasteiger partial charge is 0.351 e. The molecular weight excluding hydrogens is 498 g/mol. The van der Waals surface area contributed by atoms with Gasteiger partial charge in [0.25, 0.3) is 12.3 Å². The van der Waals surface area contributed by atoms with E-state index in [2.05, 4.69) is 15.4 Å². The molecule has 0 aliphatic carbocycles. The number of nitrogens with one attached hydrogen (secondary N) is 3. The van der Waals surface area contributed by atoms with Gasteiger partial charge in [-0.25, -0.2) is 30.7 Å². The van der Waals surface area contributed by atoms with Crippen LogP contribution < -0.4 is 15.4 Å². The maximum atomic E-state index is 15.0. The van der Waals surface area contributed by atoms with E-state index in [1.807, 2.05) is 0 Å². The summed E-state index contributed by atoms with van der Waals surface area (Å²) in [5, 5.41) is 4.31. The Morgan fingerprint density at radius 2 is 1.86 bits per heavy atom. The van der Waals surface area contributed by atoms with Gasteiger partial charge < -0.3 is 20.1 Å². The van der Waals surface area contributed by atoms with Crippen LogP contribution in [0.25, 0.3) is 0 Å². The first-order valence-electron chi connectivity index (χ1n) is 10.1. The van der Waals surface area contributed by atoms with Crippen molar-refractivity contribution in [2.45, 2.75) is 23.8 Å². The molecule has 3 rings (SSSR count). The predicted molar refractivity (Wildman–Crippen MR) is 114 cm³/mol. The zero-order valence-electron chi connectivity index (χ0n) is 18.4. The van der Waals surface area contributed by atoms with Crippen LogP contribution in [0, 0.1) is 11.6 Å². The Labute approximate surface area is 197 Å². The van der Waals surface area contributed by atoms with E-state index in [0.717, 1.165) is 21.7 Å². The third-order valence-corrected chi connectivity index (χ3v) is 6.81. The minimum absolute atomic E-state index is 0.0998. The molecule has 1 aromatic carbocycles. The molecule has 3 N–H and O–H groups in total. The number of carbonyl (C=O) groups excluding carboxylic acids is 3. The van der Waals surface area contributed by atoms with Gasteiger partial charge in [0, 0.05) is 45.1 Å². The summed E-state index contributed by atoms with van der Waals surface area (Å²) in [6, 6.07) is 1.57. The number of nitrogens with zero attached hydrogens (tertiary/aromatic N) is 2. The van der Waals surface area contributed by atoms with Crippen LogP contribution in [0.15, 0.2) is 29.3 Å². The fraction of sp³-hybridized carbons (Fsp3) is 0.350. The summed E-state index contributed by atoms with van der Waals surface area (Å²) in [7, 11) is -2.02. The summed E-state index contributed by atoms with van der Waals surface area (Å²) in [4.78, 5) is 36.3. The van der Waals surface area contributed by atoms with Crippen molar-refractivity contribution in [1.29, 1.82) is 0 Å². The maximum Gasteiger partial charge on any atom is 0.311 e. The number of aromatic nitrogens is 1. The minimum Gasteiger partial charge on any atom is -0.351 e. The molecule has 1 aliphatic heterocycles. The van der Waals surface area contributed by atoms with Crippen LogP contribution in [-0.2, 0) is 26.7 Å². The van der Waals surface area contributed by atoms with Gasteiger partial charge >= 0.3 is 11.8 Å². The van der Waals surface area contributed by atoms with Gasteiger partial charge in [-0.3, -0.25) is 14.4 Å². The number of anilines is 1. The average molecular weight is 519 g/mol. The molecule has 1 fully saturated rings. The van der Waals surface area contributed by atoms with E-state index in [1.54, 1.807) is 0 Å². The Kier molecular flexibility index (Phi) is 7.50. The van der Waals surface area contributed by atoms with Gasteiger partial charge in [-0.1, -0.05) is 0 Å². The fourth-order valence-corrected chi connectivity index (χ4v) is 4.96. The van der Waals surface area contributed by atoms with Crippen molar-refractivity contribution in [2.24, 2.45) is 7.05 Å². The SMILES string of the molecule is CNC(=O)C(=O)N1CC[C@@H](NS(=O)(=O)c2cn(C)c(C(=O)Nc3ccc(F)c(C(F)F)c3)c2F)C1. The lowest BCUT2D eigenvalue weighted by molar-refractivity contribution is -0.144. The number of likely N-dealkylation sites (N-methyl/N-ethyl adjacent to an activating group) is 1. The summed E-state index contributed by atoms with van der Waals surface area (Å²) in [6.07, 6.45) is -2.13. The van der Waals surface area contributed by atoms with Crippen LogP contribution in [0.1, 0.15) is 28.9 Å². The van der Waals surface area contributed by atoms with E-state index in [-0.39, 0.29) is 25.2 Å². The topological polar surface area (TPSA) is 130 Å². The van der Waals surface area contributed by atoms with E-state index in [0.29, 0.717) is 12.1 Å². The van der Waals surface area contributed by atoms with Gasteiger partial charge in [-0.2, -0.15) is 0 Å². The number of carbonyl (C=O) groups is 3. The second-order valence-electron chi connectivity index (χ2n) is 7.70. The molecule has 0 saturated carbocycles. The zero-order valence-corrected chi connectivity index (χ0v) is 19.3. The fourth-order valence-electron chi connectivity index (χ4n) is 3.57. The third-order valence-electron chi connectivity index (χ3n) is 5.30. The second-order valence-corrected chi connectivity index (χ2v) is 9.38. The molecule has 2 heterocycles. The van der Waals surface area contributed by atoms with Crippen LogP contribution >= 0.6 is 0 Å². The Bertz CT molecular complexity index is 1280. The van der Waals surface area contributed by atoms with Crippen molar-refractivity contribution in [3.05, 3.63) is 47.3 Å². The number of aryl methyl sites for hydroxylation is 1. The van der Waals surface area contributed by atoms with Crippen molar-refractivity contribution in [2.75, 3.05) is 25.5 Å². The highest BCUT2D eigenvalue weighted by Gasteiger charge is 2.35. The molecule has 3 amide bonds. The summed E-state index contributed by atoms with van der Waals surface area (Å²) in [5.41, 5.74) is -1.93. The normalized spacial score (nSPS) is 16.0. The molecule has 1 atom stereocenters. The maximum absolute atomic E-state index is 15.0. The highest BCUT2D eigenvalue weighted by atomic mass is 32.2. The molecule has 35 heavy (non-hydrogen) atoms. The summed E-state index contributed by atoms with van der Waals surface area (Å²) in [6.45, 7) is -0.0209. The number of hydrogen-bond donors (Lipinski definition) is 3. The van der Waals surface area contributed by atoms with Gasteiger partial charge in [0.05, 0.1) is 5.56 Å². The Morgan fingerprint density at radius 3 is 2.49 bits per heavy atom. The Hall–Kier alpha value is -3.46. The first kappa shape index (κ1) is 26.2. The third kappa shape index (κ3) is 5.45. The summed E-state index contributed by atoms with van der Waals surface area (Å²) < 4.78 is 83.0. The lowest BCUT2D eigenvalue weighted by Crippen LogP contribution is -2.43. The quantitative estimate of drug-likeness (QED) is 0.389. The Morgan fingerprint density at radius 1 is 1.17 bits per heavy atom. The van der Waals surface area contributed by atoms with E-state index in [1.165, 1.54) is 14.1 Å². The van der Waals surface area contributed by atoms with Crippen LogP contribution in [-0.4, -0.2) is 61.8 Å². The van der Waals surface area contributed by atoms with Gasteiger partial charge in [0.15, 0.2) is 5.82 Å². The monoisotopic (exact) mass is 519 g/mol. The number of likely N-dealkylation sites (tertiary alicyclic amines) is 1. The van der Waals surface area contributed by atoms with Crippen LogP contribution in [0.5, 0.6) is 0 Å². The highest BCUT2D eigenvalue weighted by molar-refractivity contribution is 7.89. The molecule has 0 radical (unpaired) electrons. The number of rotatable bonds is 6. The molecule has 1 aliphatic rings. The van der Waals surface area contributed by atoms with Crippen LogP contribution in [0.4, 0.5) is 23.2 Å². The average Bonchev–Trinajstić information content (AvgIpc) is 3.37. The van der Waals surface area contributed by atoms with Crippen LogP contribution in [0.3, 0.4) is 0 Å². The minimum atomic E-state index is -4.49. The van der Waals surface area contributed by atoms with Gasteiger partial charge in [0.1, 0.15) is 16.4 Å². The molecule has 0 unspecified atom stereocenters. The van der Waals surface area contributed by atoms with E-state index < -0.39 is 68.0 Å². The molecule has 10 nitrogen and oxygen atoms in total. The smallest absolute Gasteiger partial charge is 0.311 e. The number of halogens is 4. The van der Waals surface area contributed by atoms with Crippen molar-refractivity contribution < 1.29 is 40.4 Å². The van der Waals surface area contributed by atoms with Crippen LogP contribution in [0.2, 0.25) is 0 Å². The summed E-state index contributed by atoms with van der Waals surface area (Å²) in [5.74, 6) is -5.44. The number of benzene rings is 1. The van der Waals surface area contributed by atoms with Crippen molar-refractivity contribution in [1.82, 2.24) is 19.5 Å². The predicted octanol–water partition coefficient (Wildman–Crippen LogP) is 1.12. The molecule has 15 heteroatoms. The number of sulfonamides is 1. The molecule has 2 aromatic rings. The van der Waals surface area contributed by atoms with E-state index in [9.17, 15) is 36.0 Å². The summed E-state index contributed by atoms with van der Waals surface area (Å²) >= 11 is 0. The highest BCUT2D eigenvalue weighted by Crippen LogP contribution is 2.26. The van der Waals surface area contributed by atoms with Crippen molar-refractivity contribution in [3.63, 3.8) is 0 Å². The standard InChI is InChI=1S/C20H21F4N5O5S/c1-25-19(31)20(32)29-6-5-11(8-29)27-35(33,34)14-9-28(2)16(15(14)22)18(30)26-10-3-4-13(21)12(7-10)17(23)24/h3-4,7,9,11,17,27H,5-6,8H2,1-2H3,(H,25,31)(H,26,30)/t11-/m1/s1. The number of amides is 3. The van der Waals surface area contributed by atoms with Crippen molar-refractivity contribution >= 4 is 33.4 Å². The zero-order chi connectivity index (χ0) is 26.1. The first-order chi connectivity index (χ1) is 16.4. The molecule has 1 aromatic heterocycles. The lowest BCUT2D eigenvalue weighted by atomic mass is 10.2. The number of alkyl halides is 2. The lowest BCUT2D eigenvalue weighted by Gasteiger charge is -2.16. The first-order valence-corrected chi connectivity index (χ1v) is 11.6. The number of hydrogen-bond acceptors (Lipinski definition) is 5. The molecular formula is C20H21F4N5O5S. The van der Waals surface area contributed by atoms with Crippen molar-refractivity contribution in [3.8, 4) is 0 Å². The molecule has 1 saturated heterocycles. The Balaban J connectivity index is 1.78. The van der Waals surface area contributed by atoms with Gasteiger partial charge in [-0.05, 0) is 24.6 Å².